The molecule has 2 unspecified atom stereocenters. The van der Waals surface area contributed by atoms with Gasteiger partial charge in [-0.15, -0.1) is 0 Å². The minimum atomic E-state index is -0.0891. The second kappa shape index (κ2) is 7.82. The van der Waals surface area contributed by atoms with Crippen LogP contribution in [0.15, 0.2) is 41.2 Å². The number of benzene rings is 1. The third-order valence-electron chi connectivity index (χ3n) is 6.09. The number of H-pyrrole nitrogens is 1. The highest BCUT2D eigenvalue weighted by Crippen LogP contribution is 2.35. The summed E-state index contributed by atoms with van der Waals surface area (Å²) < 4.78 is 1.72. The topological polar surface area (TPSA) is 61.3 Å². The summed E-state index contributed by atoms with van der Waals surface area (Å²) in [6, 6.07) is 9.70. The molecule has 30 heavy (non-hydrogen) atoms. The smallest absolute Gasteiger partial charge is 0.327 e. The lowest BCUT2D eigenvalue weighted by Gasteiger charge is -2.45. The van der Waals surface area contributed by atoms with Gasteiger partial charge in [-0.2, -0.15) is 0 Å². The molecule has 4 rings (SSSR count). The average molecular weight is 409 g/mol. The number of likely N-dealkylation sites (tertiary alicyclic amines) is 1. The van der Waals surface area contributed by atoms with Crippen LogP contribution in [0.5, 0.6) is 0 Å². The van der Waals surface area contributed by atoms with Crippen molar-refractivity contribution in [3.8, 4) is 0 Å². The van der Waals surface area contributed by atoms with E-state index >= 15 is 0 Å². The van der Waals surface area contributed by atoms with Crippen molar-refractivity contribution < 1.29 is 4.79 Å². The lowest BCUT2D eigenvalue weighted by molar-refractivity contribution is 0.0662. The summed E-state index contributed by atoms with van der Waals surface area (Å²) in [6.45, 7) is 9.03. The van der Waals surface area contributed by atoms with Crippen molar-refractivity contribution in [1.29, 1.82) is 0 Å². The van der Waals surface area contributed by atoms with Gasteiger partial charge in [0.05, 0.1) is 11.7 Å². The number of fused-ring (bicyclic) bond motifs is 1. The van der Waals surface area contributed by atoms with Crippen LogP contribution in [-0.4, -0.2) is 46.0 Å². The highest BCUT2D eigenvalue weighted by molar-refractivity contribution is 5.94. The Morgan fingerprint density at radius 3 is 2.63 bits per heavy atom. The molecule has 0 radical (unpaired) electrons. The number of hydrogen-bond donors (Lipinski definition) is 1. The molecule has 1 saturated heterocycles. The van der Waals surface area contributed by atoms with Crippen LogP contribution in [0.1, 0.15) is 49.7 Å². The van der Waals surface area contributed by atoms with Crippen LogP contribution < -0.4 is 10.6 Å². The number of hydrogen-bond acceptors (Lipinski definition) is 3. The molecule has 0 aliphatic carbocycles. The van der Waals surface area contributed by atoms with Crippen LogP contribution >= 0.6 is 0 Å². The third-order valence-corrected chi connectivity index (χ3v) is 6.09. The molecule has 1 N–H and O–H groups in total. The van der Waals surface area contributed by atoms with Crippen LogP contribution in [0.25, 0.3) is 6.08 Å². The van der Waals surface area contributed by atoms with Crippen molar-refractivity contribution in [2.24, 2.45) is 18.4 Å². The zero-order chi connectivity index (χ0) is 21.5. The number of aromatic nitrogens is 2. The van der Waals surface area contributed by atoms with Gasteiger partial charge in [-0.25, -0.2) is 4.79 Å². The molecule has 0 saturated carbocycles. The van der Waals surface area contributed by atoms with Gasteiger partial charge in [0.2, 0.25) is 0 Å². The summed E-state index contributed by atoms with van der Waals surface area (Å²) in [6.07, 6.45) is 6.32. The van der Waals surface area contributed by atoms with Crippen molar-refractivity contribution in [2.45, 2.75) is 39.7 Å². The van der Waals surface area contributed by atoms with Crippen molar-refractivity contribution in [1.82, 2.24) is 14.5 Å². The first-order valence-electron chi connectivity index (χ1n) is 10.8. The number of imidazole rings is 1. The number of carbonyl (C=O) groups excluding carboxylic acids is 1. The Morgan fingerprint density at radius 2 is 1.93 bits per heavy atom. The lowest BCUT2D eigenvalue weighted by atomic mass is 9.85. The Labute approximate surface area is 178 Å². The molecule has 2 aliphatic rings. The normalized spacial score (nSPS) is 21.6. The van der Waals surface area contributed by atoms with Gasteiger partial charge < -0.3 is 14.8 Å². The summed E-state index contributed by atoms with van der Waals surface area (Å²) in [5.74, 6) is 1.38. The van der Waals surface area contributed by atoms with E-state index in [-0.39, 0.29) is 23.1 Å². The van der Waals surface area contributed by atoms with Crippen LogP contribution in [-0.2, 0) is 7.05 Å². The summed E-state index contributed by atoms with van der Waals surface area (Å²) in [7, 11) is 1.83. The molecule has 2 atom stereocenters. The first kappa shape index (κ1) is 20.5. The van der Waals surface area contributed by atoms with E-state index in [4.69, 9.17) is 0 Å². The molecule has 1 amide bonds. The monoisotopic (exact) mass is 408 g/mol. The fraction of sp³-hybridized carbons (Fsp3) is 0.500. The molecule has 1 fully saturated rings. The van der Waals surface area contributed by atoms with Gasteiger partial charge in [0.15, 0.2) is 0 Å². The molecular formula is C24H32N4O2. The van der Waals surface area contributed by atoms with E-state index in [1.807, 2.05) is 48.4 Å². The van der Waals surface area contributed by atoms with Gasteiger partial charge in [-0.05, 0) is 36.5 Å². The number of nitrogens with one attached hydrogen (secondary N) is 1. The van der Waals surface area contributed by atoms with Gasteiger partial charge in [0, 0.05) is 38.2 Å². The number of nitrogens with zero attached hydrogens (tertiary/aromatic N) is 3. The van der Waals surface area contributed by atoms with E-state index in [0.29, 0.717) is 5.92 Å². The zero-order valence-electron chi connectivity index (χ0n) is 18.4. The summed E-state index contributed by atoms with van der Waals surface area (Å²) in [4.78, 5) is 32.7. The Kier molecular flexibility index (Phi) is 5.35. The fourth-order valence-corrected chi connectivity index (χ4v) is 4.77. The minimum absolute atomic E-state index is 0.0717. The third kappa shape index (κ3) is 3.95. The highest BCUT2D eigenvalue weighted by atomic mass is 16.2. The first-order chi connectivity index (χ1) is 14.2. The standard InChI is InChI=1S/C24H32N4O2/c1-24(2,3)16-28-20(13-12-19-21(28)26(4)23(30)25-19)18-11-8-14-27(15-18)22(29)17-9-6-5-7-10-17/h5-7,9-10,12-13,18,20H,8,11,14-16H2,1-4H3,(H,25,30). The Balaban J connectivity index is 1.62. The highest BCUT2D eigenvalue weighted by Gasteiger charge is 2.37. The maximum absolute atomic E-state index is 13.0. The lowest BCUT2D eigenvalue weighted by Crippen LogP contribution is -2.51. The number of piperidine rings is 1. The van der Waals surface area contributed by atoms with E-state index in [2.05, 4.69) is 36.7 Å². The SMILES string of the molecule is Cn1c2c([nH]c1=O)C=CC(C1CCCN(C(=O)c3ccccc3)C1)N2CC(C)(C)C. The number of aromatic amines is 1. The summed E-state index contributed by atoms with van der Waals surface area (Å²) >= 11 is 0. The fourth-order valence-electron chi connectivity index (χ4n) is 4.77. The number of amides is 1. The number of carbonyl (C=O) groups is 1. The maximum Gasteiger partial charge on any atom is 0.327 e. The number of rotatable bonds is 3. The van der Waals surface area contributed by atoms with Gasteiger partial charge >= 0.3 is 5.69 Å². The Bertz CT molecular complexity index is 996. The molecule has 1 aromatic carbocycles. The van der Waals surface area contributed by atoms with E-state index in [1.54, 1.807) is 4.57 Å². The molecule has 2 aliphatic heterocycles. The Hall–Kier alpha value is -2.76. The van der Waals surface area contributed by atoms with E-state index in [9.17, 15) is 9.59 Å². The van der Waals surface area contributed by atoms with Gasteiger partial charge in [0.1, 0.15) is 5.82 Å². The van der Waals surface area contributed by atoms with E-state index in [1.165, 1.54) is 0 Å². The van der Waals surface area contributed by atoms with Crippen molar-refractivity contribution in [3.63, 3.8) is 0 Å². The van der Waals surface area contributed by atoms with Crippen molar-refractivity contribution >= 4 is 17.8 Å². The van der Waals surface area contributed by atoms with Crippen molar-refractivity contribution in [3.05, 3.63) is 58.1 Å². The predicted octanol–water partition coefficient (Wildman–Crippen LogP) is 3.51. The Morgan fingerprint density at radius 1 is 1.20 bits per heavy atom. The second-order valence-corrected chi connectivity index (χ2v) is 9.78. The van der Waals surface area contributed by atoms with Gasteiger partial charge in [-0.3, -0.25) is 9.36 Å². The molecule has 0 spiro atoms. The quantitative estimate of drug-likeness (QED) is 0.845. The van der Waals surface area contributed by atoms with Crippen LogP contribution in [0.2, 0.25) is 0 Å². The average Bonchev–Trinajstić information content (AvgIpc) is 3.01. The molecule has 3 heterocycles. The summed E-state index contributed by atoms with van der Waals surface area (Å²) in [5.41, 5.74) is 1.60. The molecule has 6 heteroatoms. The minimum Gasteiger partial charge on any atom is -0.349 e. The zero-order valence-corrected chi connectivity index (χ0v) is 18.4. The molecule has 160 valence electrons. The number of anilines is 1. The van der Waals surface area contributed by atoms with Crippen molar-refractivity contribution in [2.75, 3.05) is 24.5 Å². The van der Waals surface area contributed by atoms with E-state index < -0.39 is 0 Å². The molecule has 2 aromatic rings. The van der Waals surface area contributed by atoms with Crippen LogP contribution in [0.3, 0.4) is 0 Å². The van der Waals surface area contributed by atoms with E-state index in [0.717, 1.165) is 49.6 Å². The molecule has 0 bridgehead atoms. The predicted molar refractivity (Wildman–Crippen MR) is 121 cm³/mol. The molecular weight excluding hydrogens is 376 g/mol. The largest absolute Gasteiger partial charge is 0.349 e. The first-order valence-corrected chi connectivity index (χ1v) is 10.8. The maximum atomic E-state index is 13.0. The van der Waals surface area contributed by atoms with Gasteiger partial charge in [-0.1, -0.05) is 45.0 Å². The summed E-state index contributed by atoms with van der Waals surface area (Å²) in [5, 5.41) is 0. The molecule has 1 aromatic heterocycles. The molecule has 6 nitrogen and oxygen atoms in total. The van der Waals surface area contributed by atoms with Crippen LogP contribution in [0.4, 0.5) is 5.82 Å². The van der Waals surface area contributed by atoms with Gasteiger partial charge in [0.25, 0.3) is 5.91 Å². The second-order valence-electron chi connectivity index (χ2n) is 9.78. The van der Waals surface area contributed by atoms with Crippen LogP contribution in [0, 0.1) is 11.3 Å².